The van der Waals surface area contributed by atoms with Gasteiger partial charge in [-0.2, -0.15) is 0 Å². The Morgan fingerprint density at radius 2 is 1.69 bits per heavy atom. The number of carbonyl (C=O) groups is 1. The van der Waals surface area contributed by atoms with Crippen molar-refractivity contribution in [2.75, 3.05) is 13.2 Å². The van der Waals surface area contributed by atoms with E-state index < -0.39 is 16.0 Å². The van der Waals surface area contributed by atoms with Crippen molar-refractivity contribution < 1.29 is 22.7 Å². The van der Waals surface area contributed by atoms with Crippen LogP contribution in [-0.4, -0.2) is 33.6 Å². The monoisotopic (exact) mass is 377 g/mol. The van der Waals surface area contributed by atoms with Crippen LogP contribution in [0.2, 0.25) is 0 Å². The quantitative estimate of drug-likeness (QED) is 0.679. The Labute approximate surface area is 154 Å². The Balaban J connectivity index is 1.80. The zero-order valence-electron chi connectivity index (χ0n) is 14.8. The highest BCUT2D eigenvalue weighted by molar-refractivity contribution is 7.89. The molecule has 0 heterocycles. The maximum absolute atomic E-state index is 12.1. The van der Waals surface area contributed by atoms with Gasteiger partial charge in [-0.25, -0.2) is 17.9 Å². The molecule has 2 aromatic carbocycles. The van der Waals surface area contributed by atoms with Crippen LogP contribution < -0.4 is 9.46 Å². The van der Waals surface area contributed by atoms with Crippen molar-refractivity contribution in [3.8, 4) is 5.75 Å². The number of benzene rings is 2. The summed E-state index contributed by atoms with van der Waals surface area (Å²) in [5.41, 5.74) is 0.956. The maximum atomic E-state index is 12.1. The van der Waals surface area contributed by atoms with Gasteiger partial charge in [-0.1, -0.05) is 30.3 Å². The molecule has 0 radical (unpaired) electrons. The third kappa shape index (κ3) is 6.50. The number of rotatable bonds is 9. The summed E-state index contributed by atoms with van der Waals surface area (Å²) in [5.74, 6) is 0.138. The zero-order valence-corrected chi connectivity index (χ0v) is 15.7. The van der Waals surface area contributed by atoms with E-state index in [-0.39, 0.29) is 24.2 Å². The highest BCUT2D eigenvalue weighted by atomic mass is 32.2. The largest absolute Gasteiger partial charge is 0.482 e. The number of nitrogens with one attached hydrogen (secondary N) is 1. The fourth-order valence-corrected chi connectivity index (χ4v) is 3.26. The molecule has 6 nitrogen and oxygen atoms in total. The van der Waals surface area contributed by atoms with E-state index in [2.05, 4.69) is 4.72 Å². The summed E-state index contributed by atoms with van der Waals surface area (Å²) in [6.45, 7) is 3.70. The molecule has 0 saturated heterocycles. The normalized spacial score (nSPS) is 11.3. The van der Waals surface area contributed by atoms with Crippen molar-refractivity contribution in [3.05, 3.63) is 60.2 Å². The average Bonchev–Trinajstić information content (AvgIpc) is 2.61. The molecular weight excluding hydrogens is 354 g/mol. The Morgan fingerprint density at radius 1 is 1.04 bits per heavy atom. The SMILES string of the molecule is CC(C)OC(=O)COc1ccc(CCNS(=O)(=O)c2ccccc2)cc1. The highest BCUT2D eigenvalue weighted by Gasteiger charge is 2.12. The van der Waals surface area contributed by atoms with Gasteiger partial charge in [-0.15, -0.1) is 0 Å². The number of hydrogen-bond donors (Lipinski definition) is 1. The van der Waals surface area contributed by atoms with Crippen LogP contribution in [0.5, 0.6) is 5.75 Å². The molecular formula is C19H23NO5S. The van der Waals surface area contributed by atoms with E-state index in [1.54, 1.807) is 56.3 Å². The summed E-state index contributed by atoms with van der Waals surface area (Å²) in [7, 11) is -3.49. The van der Waals surface area contributed by atoms with Crippen LogP contribution in [-0.2, 0) is 26.0 Å². The van der Waals surface area contributed by atoms with Crippen molar-refractivity contribution >= 4 is 16.0 Å². The number of esters is 1. The Kier molecular flexibility index (Phi) is 7.17. The standard InChI is InChI=1S/C19H23NO5S/c1-15(2)25-19(21)14-24-17-10-8-16(9-11-17)12-13-20-26(22,23)18-6-4-3-5-7-18/h3-11,15,20H,12-14H2,1-2H3. The minimum atomic E-state index is -3.49. The van der Waals surface area contributed by atoms with Crippen molar-refractivity contribution in [1.82, 2.24) is 4.72 Å². The Morgan fingerprint density at radius 3 is 2.31 bits per heavy atom. The summed E-state index contributed by atoms with van der Waals surface area (Å²) >= 11 is 0. The lowest BCUT2D eigenvalue weighted by molar-refractivity contribution is -0.149. The molecule has 140 valence electrons. The van der Waals surface area contributed by atoms with Crippen LogP contribution in [0.3, 0.4) is 0 Å². The molecule has 0 saturated carbocycles. The summed E-state index contributed by atoms with van der Waals surface area (Å²) in [4.78, 5) is 11.7. The van der Waals surface area contributed by atoms with Gasteiger partial charge < -0.3 is 9.47 Å². The summed E-state index contributed by atoms with van der Waals surface area (Å²) in [5, 5.41) is 0. The highest BCUT2D eigenvalue weighted by Crippen LogP contribution is 2.13. The first-order valence-corrected chi connectivity index (χ1v) is 9.81. The van der Waals surface area contributed by atoms with Gasteiger partial charge in [0, 0.05) is 6.54 Å². The Bertz CT molecular complexity index is 802. The molecule has 0 aromatic heterocycles. The van der Waals surface area contributed by atoms with E-state index in [1.807, 2.05) is 12.1 Å². The fraction of sp³-hybridized carbons (Fsp3) is 0.316. The molecule has 0 atom stereocenters. The van der Waals surface area contributed by atoms with Gasteiger partial charge in [-0.3, -0.25) is 0 Å². The van der Waals surface area contributed by atoms with Gasteiger partial charge in [0.25, 0.3) is 0 Å². The lowest BCUT2D eigenvalue weighted by Crippen LogP contribution is -2.25. The van der Waals surface area contributed by atoms with E-state index in [9.17, 15) is 13.2 Å². The van der Waals surface area contributed by atoms with Gasteiger partial charge in [0.1, 0.15) is 5.75 Å². The van der Waals surface area contributed by atoms with E-state index in [4.69, 9.17) is 9.47 Å². The van der Waals surface area contributed by atoms with Crippen molar-refractivity contribution in [2.45, 2.75) is 31.3 Å². The van der Waals surface area contributed by atoms with Crippen LogP contribution in [0.25, 0.3) is 0 Å². The minimum absolute atomic E-state index is 0.144. The molecule has 2 aromatic rings. The minimum Gasteiger partial charge on any atom is -0.482 e. The van der Waals surface area contributed by atoms with Crippen molar-refractivity contribution in [1.29, 1.82) is 0 Å². The predicted octanol–water partition coefficient (Wildman–Crippen LogP) is 2.54. The third-order valence-corrected chi connectivity index (χ3v) is 4.88. The number of sulfonamides is 1. The first-order chi connectivity index (χ1) is 12.4. The van der Waals surface area contributed by atoms with Gasteiger partial charge in [0.2, 0.25) is 10.0 Å². The van der Waals surface area contributed by atoms with Gasteiger partial charge in [0.05, 0.1) is 11.0 Å². The molecule has 0 aliphatic carbocycles. The van der Waals surface area contributed by atoms with Crippen LogP contribution in [0.4, 0.5) is 0 Å². The molecule has 0 aliphatic rings. The number of hydrogen-bond acceptors (Lipinski definition) is 5. The fourth-order valence-electron chi connectivity index (χ4n) is 2.20. The first-order valence-electron chi connectivity index (χ1n) is 8.33. The lowest BCUT2D eigenvalue weighted by Gasteiger charge is -2.10. The predicted molar refractivity (Wildman–Crippen MR) is 98.5 cm³/mol. The van der Waals surface area contributed by atoms with Crippen LogP contribution in [0.1, 0.15) is 19.4 Å². The van der Waals surface area contributed by atoms with Gasteiger partial charge >= 0.3 is 5.97 Å². The average molecular weight is 377 g/mol. The van der Waals surface area contributed by atoms with E-state index in [0.29, 0.717) is 12.2 Å². The molecule has 0 bridgehead atoms. The van der Waals surface area contributed by atoms with Gasteiger partial charge in [-0.05, 0) is 50.1 Å². The molecule has 7 heteroatoms. The van der Waals surface area contributed by atoms with Crippen LogP contribution in [0, 0.1) is 0 Å². The zero-order chi connectivity index (χ0) is 19.0. The van der Waals surface area contributed by atoms with Crippen LogP contribution >= 0.6 is 0 Å². The smallest absolute Gasteiger partial charge is 0.344 e. The second kappa shape index (κ2) is 9.35. The molecule has 0 amide bonds. The number of carbonyl (C=O) groups excluding carboxylic acids is 1. The maximum Gasteiger partial charge on any atom is 0.344 e. The number of ether oxygens (including phenoxy) is 2. The molecule has 0 aliphatic heterocycles. The van der Waals surface area contributed by atoms with Crippen molar-refractivity contribution in [2.24, 2.45) is 0 Å². The van der Waals surface area contributed by atoms with E-state index in [1.165, 1.54) is 0 Å². The van der Waals surface area contributed by atoms with Crippen molar-refractivity contribution in [3.63, 3.8) is 0 Å². The second-order valence-electron chi connectivity index (χ2n) is 5.93. The third-order valence-electron chi connectivity index (χ3n) is 3.41. The lowest BCUT2D eigenvalue weighted by atomic mass is 10.1. The summed E-state index contributed by atoms with van der Waals surface area (Å²) in [6, 6.07) is 15.4. The molecule has 2 rings (SSSR count). The molecule has 26 heavy (non-hydrogen) atoms. The molecule has 0 spiro atoms. The second-order valence-corrected chi connectivity index (χ2v) is 7.70. The first kappa shape index (κ1) is 19.9. The summed E-state index contributed by atoms with van der Waals surface area (Å²) < 4.78 is 37.2. The Hall–Kier alpha value is -2.38. The summed E-state index contributed by atoms with van der Waals surface area (Å²) in [6.07, 6.45) is 0.370. The molecule has 1 N–H and O–H groups in total. The molecule has 0 unspecified atom stereocenters. The molecule has 0 fully saturated rings. The topological polar surface area (TPSA) is 81.7 Å². The van der Waals surface area contributed by atoms with E-state index in [0.717, 1.165) is 5.56 Å². The van der Waals surface area contributed by atoms with Crippen LogP contribution in [0.15, 0.2) is 59.5 Å². The van der Waals surface area contributed by atoms with E-state index >= 15 is 0 Å². The van der Waals surface area contributed by atoms with Gasteiger partial charge in [0.15, 0.2) is 6.61 Å².